The van der Waals surface area contributed by atoms with Crippen LogP contribution in [-0.4, -0.2) is 45.9 Å². The molecule has 4 rings (SSSR count). The van der Waals surface area contributed by atoms with Gasteiger partial charge in [0, 0.05) is 18.9 Å². The van der Waals surface area contributed by atoms with Gasteiger partial charge in [0.25, 0.3) is 0 Å². The number of nitrogens with one attached hydrogen (secondary N) is 1. The Hall–Kier alpha value is -3.17. The van der Waals surface area contributed by atoms with E-state index in [9.17, 15) is 22.8 Å². The first kappa shape index (κ1) is 23.0. The Labute approximate surface area is 190 Å². The molecule has 10 heteroatoms. The fourth-order valence-electron chi connectivity index (χ4n) is 4.02. The van der Waals surface area contributed by atoms with E-state index in [1.54, 1.807) is 11.1 Å². The Morgan fingerprint density at radius 2 is 2.00 bits per heavy atom. The molecule has 1 aliphatic heterocycles. The molecule has 33 heavy (non-hydrogen) atoms. The minimum atomic E-state index is -4.54. The lowest BCUT2D eigenvalue weighted by Gasteiger charge is -2.26. The molecule has 0 bridgehead atoms. The van der Waals surface area contributed by atoms with Crippen molar-refractivity contribution in [2.45, 2.75) is 51.2 Å². The number of aromatic nitrogens is 2. The molecule has 1 N–H and O–H groups in total. The summed E-state index contributed by atoms with van der Waals surface area (Å²) in [4.78, 5) is 37.1. The zero-order valence-electron chi connectivity index (χ0n) is 18.5. The van der Waals surface area contributed by atoms with Crippen LogP contribution >= 0.6 is 0 Å². The monoisotopic (exact) mass is 461 g/mol. The molecule has 0 spiro atoms. The molecule has 7 nitrogen and oxygen atoms in total. The number of carbonyl (C=O) groups is 2. The maximum atomic E-state index is 13.2. The van der Waals surface area contributed by atoms with Crippen molar-refractivity contribution in [2.75, 3.05) is 23.3 Å². The maximum absolute atomic E-state index is 13.2. The SMILES string of the molecule is CC[C@H](C)[C@H]1CN(c2ccc(C3CC3)cn2)C(=O)N1CC(=O)Nc1cc(C(F)(F)F)ccn1. The fraction of sp³-hybridized carbons (Fsp3) is 0.478. The molecule has 2 fully saturated rings. The van der Waals surface area contributed by atoms with Crippen molar-refractivity contribution in [3.05, 3.63) is 47.8 Å². The molecule has 176 valence electrons. The average Bonchev–Trinajstić information content (AvgIpc) is 3.58. The predicted molar refractivity (Wildman–Crippen MR) is 117 cm³/mol. The van der Waals surface area contributed by atoms with E-state index in [0.29, 0.717) is 18.3 Å². The van der Waals surface area contributed by atoms with Gasteiger partial charge in [-0.3, -0.25) is 9.69 Å². The van der Waals surface area contributed by atoms with Gasteiger partial charge in [0.05, 0.1) is 11.6 Å². The summed E-state index contributed by atoms with van der Waals surface area (Å²) in [7, 11) is 0. The van der Waals surface area contributed by atoms with E-state index >= 15 is 0 Å². The average molecular weight is 461 g/mol. The van der Waals surface area contributed by atoms with Gasteiger partial charge in [0.1, 0.15) is 18.2 Å². The molecule has 1 saturated carbocycles. The molecule has 1 saturated heterocycles. The molecular formula is C23H26F3N5O2. The van der Waals surface area contributed by atoms with Crippen molar-refractivity contribution in [2.24, 2.45) is 5.92 Å². The quantitative estimate of drug-likeness (QED) is 0.650. The lowest BCUT2D eigenvalue weighted by atomic mass is 9.98. The molecule has 0 aromatic carbocycles. The highest BCUT2D eigenvalue weighted by molar-refractivity contribution is 5.99. The van der Waals surface area contributed by atoms with E-state index in [1.165, 1.54) is 4.90 Å². The van der Waals surface area contributed by atoms with Gasteiger partial charge in [-0.2, -0.15) is 13.2 Å². The Bertz CT molecular complexity index is 1020. The number of hydrogen-bond donors (Lipinski definition) is 1. The van der Waals surface area contributed by atoms with Gasteiger partial charge in [-0.1, -0.05) is 26.3 Å². The van der Waals surface area contributed by atoms with Crippen LogP contribution in [0.25, 0.3) is 0 Å². The Kier molecular flexibility index (Phi) is 6.27. The van der Waals surface area contributed by atoms with Crippen LogP contribution in [0.5, 0.6) is 0 Å². The first-order chi connectivity index (χ1) is 15.7. The second kappa shape index (κ2) is 8.99. The van der Waals surface area contributed by atoms with Crippen molar-refractivity contribution in [3.8, 4) is 0 Å². The minimum Gasteiger partial charge on any atom is -0.310 e. The van der Waals surface area contributed by atoms with Crippen molar-refractivity contribution < 1.29 is 22.8 Å². The van der Waals surface area contributed by atoms with Crippen LogP contribution in [0, 0.1) is 5.92 Å². The predicted octanol–water partition coefficient (Wildman–Crippen LogP) is 4.67. The smallest absolute Gasteiger partial charge is 0.310 e. The van der Waals surface area contributed by atoms with Crippen LogP contribution in [0.2, 0.25) is 0 Å². The second-order valence-corrected chi connectivity index (χ2v) is 8.67. The largest absolute Gasteiger partial charge is 0.416 e. The highest BCUT2D eigenvalue weighted by Gasteiger charge is 2.41. The Balaban J connectivity index is 1.48. The Morgan fingerprint density at radius 3 is 2.61 bits per heavy atom. The van der Waals surface area contributed by atoms with Crippen LogP contribution in [-0.2, 0) is 11.0 Å². The minimum absolute atomic E-state index is 0.115. The molecule has 3 heterocycles. The van der Waals surface area contributed by atoms with Crippen LogP contribution in [0.4, 0.5) is 29.6 Å². The van der Waals surface area contributed by atoms with E-state index in [0.717, 1.165) is 43.2 Å². The third-order valence-electron chi connectivity index (χ3n) is 6.31. The lowest BCUT2D eigenvalue weighted by molar-refractivity contribution is -0.137. The number of hydrogen-bond acceptors (Lipinski definition) is 4. The van der Waals surface area contributed by atoms with Crippen LogP contribution in [0.15, 0.2) is 36.7 Å². The van der Waals surface area contributed by atoms with E-state index in [-0.39, 0.29) is 30.4 Å². The summed E-state index contributed by atoms with van der Waals surface area (Å²) in [5, 5.41) is 2.38. The van der Waals surface area contributed by atoms with Gasteiger partial charge in [-0.25, -0.2) is 14.8 Å². The highest BCUT2D eigenvalue weighted by atomic mass is 19.4. The van der Waals surface area contributed by atoms with Crippen LogP contribution in [0.1, 0.15) is 50.2 Å². The van der Waals surface area contributed by atoms with Gasteiger partial charge in [-0.15, -0.1) is 0 Å². The summed E-state index contributed by atoms with van der Waals surface area (Å²) in [5.74, 6) is 0.376. The van der Waals surface area contributed by atoms with Crippen LogP contribution in [0.3, 0.4) is 0 Å². The number of alkyl halides is 3. The number of pyridine rings is 2. The van der Waals surface area contributed by atoms with Gasteiger partial charge in [0.2, 0.25) is 5.91 Å². The van der Waals surface area contributed by atoms with E-state index in [4.69, 9.17) is 0 Å². The number of rotatable bonds is 7. The van der Waals surface area contributed by atoms with E-state index in [1.807, 2.05) is 26.0 Å². The summed E-state index contributed by atoms with van der Waals surface area (Å²) in [6.07, 6.45) is 1.35. The normalized spacial score (nSPS) is 19.7. The summed E-state index contributed by atoms with van der Waals surface area (Å²) < 4.78 is 38.8. The zero-order chi connectivity index (χ0) is 23.8. The zero-order valence-corrected chi connectivity index (χ0v) is 18.5. The van der Waals surface area contributed by atoms with Gasteiger partial charge < -0.3 is 10.2 Å². The van der Waals surface area contributed by atoms with E-state index < -0.39 is 17.6 Å². The Morgan fingerprint density at radius 1 is 1.24 bits per heavy atom. The third kappa shape index (κ3) is 5.09. The number of carbonyl (C=O) groups excluding carboxylic acids is 2. The summed E-state index contributed by atoms with van der Waals surface area (Å²) in [5.41, 5.74) is 0.253. The molecular weight excluding hydrogens is 435 g/mol. The first-order valence-corrected chi connectivity index (χ1v) is 11.0. The number of urea groups is 1. The van der Waals surface area contributed by atoms with Crippen LogP contribution < -0.4 is 10.2 Å². The lowest BCUT2D eigenvalue weighted by Crippen LogP contribution is -2.43. The summed E-state index contributed by atoms with van der Waals surface area (Å²) in [6.45, 7) is 4.11. The van der Waals surface area contributed by atoms with Crippen molar-refractivity contribution in [1.29, 1.82) is 0 Å². The highest BCUT2D eigenvalue weighted by Crippen LogP contribution is 2.40. The summed E-state index contributed by atoms with van der Waals surface area (Å²) >= 11 is 0. The molecule has 3 amide bonds. The number of nitrogens with zero attached hydrogens (tertiary/aromatic N) is 4. The topological polar surface area (TPSA) is 78.4 Å². The van der Waals surface area contributed by atoms with Crippen molar-refractivity contribution in [3.63, 3.8) is 0 Å². The summed E-state index contributed by atoms with van der Waals surface area (Å²) in [6, 6.07) is 4.84. The first-order valence-electron chi connectivity index (χ1n) is 11.0. The maximum Gasteiger partial charge on any atom is 0.416 e. The third-order valence-corrected chi connectivity index (χ3v) is 6.31. The molecule has 1 aliphatic carbocycles. The van der Waals surface area contributed by atoms with Crippen molar-refractivity contribution in [1.82, 2.24) is 14.9 Å². The van der Waals surface area contributed by atoms with Gasteiger partial charge in [-0.05, 0) is 48.4 Å². The fourth-order valence-corrected chi connectivity index (χ4v) is 4.02. The molecule has 2 aromatic heterocycles. The standard InChI is InChI=1S/C23H26F3N5O2/c1-3-14(2)18-12-31(20-7-6-16(11-28-20)15-4-5-15)22(33)30(18)13-21(32)29-19-10-17(8-9-27-19)23(24,25)26/h6-11,14-15,18H,3-5,12-13H2,1-2H3,(H,27,29,32)/t14-,18+/m0/s1. The number of anilines is 2. The van der Waals surface area contributed by atoms with Gasteiger partial charge in [0.15, 0.2) is 0 Å². The molecule has 2 aromatic rings. The molecule has 0 unspecified atom stereocenters. The van der Waals surface area contributed by atoms with Crippen molar-refractivity contribution >= 4 is 23.6 Å². The number of halogens is 3. The molecule has 0 radical (unpaired) electrons. The second-order valence-electron chi connectivity index (χ2n) is 8.67. The van der Waals surface area contributed by atoms with E-state index in [2.05, 4.69) is 15.3 Å². The number of amides is 3. The van der Waals surface area contributed by atoms with Gasteiger partial charge >= 0.3 is 12.2 Å². The molecule has 2 atom stereocenters. The molecule has 2 aliphatic rings.